The second-order valence-corrected chi connectivity index (χ2v) is 5.42. The van der Waals surface area contributed by atoms with Gasteiger partial charge in [0.2, 0.25) is 0 Å². The van der Waals surface area contributed by atoms with Crippen molar-refractivity contribution in [1.29, 1.82) is 0 Å². The second kappa shape index (κ2) is 6.74. The highest BCUT2D eigenvalue weighted by Gasteiger charge is 2.22. The quantitative estimate of drug-likeness (QED) is 0.786. The molecule has 1 amide bonds. The molecule has 0 unspecified atom stereocenters. The van der Waals surface area contributed by atoms with Gasteiger partial charge in [-0.1, -0.05) is 13.8 Å². The Kier molecular flexibility index (Phi) is 6.41. The van der Waals surface area contributed by atoms with Gasteiger partial charge < -0.3 is 15.0 Å². The maximum absolute atomic E-state index is 11.9. The lowest BCUT2D eigenvalue weighted by atomic mass is 10.2. The van der Waals surface area contributed by atoms with Crippen molar-refractivity contribution in [2.24, 2.45) is 5.92 Å². The van der Waals surface area contributed by atoms with E-state index in [0.29, 0.717) is 12.5 Å². The van der Waals surface area contributed by atoms with E-state index in [-0.39, 0.29) is 6.09 Å². The summed E-state index contributed by atoms with van der Waals surface area (Å²) in [7, 11) is 1.88. The van der Waals surface area contributed by atoms with Crippen LogP contribution in [-0.4, -0.2) is 43.3 Å². The van der Waals surface area contributed by atoms with Gasteiger partial charge in [-0.3, -0.25) is 0 Å². The van der Waals surface area contributed by atoms with Crippen molar-refractivity contribution >= 4 is 6.09 Å². The van der Waals surface area contributed by atoms with E-state index >= 15 is 0 Å². The lowest BCUT2D eigenvalue weighted by molar-refractivity contribution is 0.0231. The molecular weight excluding hydrogens is 204 g/mol. The average Bonchev–Trinajstić information content (AvgIpc) is 2.08. The van der Waals surface area contributed by atoms with Gasteiger partial charge in [0.15, 0.2) is 0 Å². The van der Waals surface area contributed by atoms with Gasteiger partial charge in [0.1, 0.15) is 5.60 Å². The van der Waals surface area contributed by atoms with E-state index in [2.05, 4.69) is 19.2 Å². The average molecular weight is 230 g/mol. The highest BCUT2D eigenvalue weighted by Crippen LogP contribution is 2.10. The monoisotopic (exact) mass is 230 g/mol. The molecule has 0 saturated heterocycles. The third kappa shape index (κ3) is 7.51. The zero-order chi connectivity index (χ0) is 12.8. The molecule has 0 bridgehead atoms. The van der Waals surface area contributed by atoms with Gasteiger partial charge in [-0.2, -0.15) is 0 Å². The molecule has 16 heavy (non-hydrogen) atoms. The molecule has 0 aromatic rings. The van der Waals surface area contributed by atoms with Crippen LogP contribution < -0.4 is 5.32 Å². The largest absolute Gasteiger partial charge is 0.444 e. The van der Waals surface area contributed by atoms with Crippen LogP contribution in [0.3, 0.4) is 0 Å². The maximum atomic E-state index is 11.9. The minimum absolute atomic E-state index is 0.226. The number of likely N-dealkylation sites (N-methyl/N-ethyl adjacent to an activating group) is 1. The molecule has 0 rings (SSSR count). The Bertz CT molecular complexity index is 210. The third-order valence-corrected chi connectivity index (χ3v) is 1.87. The lowest BCUT2D eigenvalue weighted by Crippen LogP contribution is -2.41. The number of carbonyl (C=O) groups excluding carboxylic acids is 1. The molecule has 0 atom stereocenters. The van der Waals surface area contributed by atoms with Crippen LogP contribution >= 0.6 is 0 Å². The SMILES string of the molecule is CNCCN(CC(C)C)C(=O)OC(C)(C)C. The molecule has 1 N–H and O–H groups in total. The van der Waals surface area contributed by atoms with Crippen LogP contribution in [0, 0.1) is 5.92 Å². The Hall–Kier alpha value is -0.770. The molecule has 0 aromatic heterocycles. The van der Waals surface area contributed by atoms with Crippen LogP contribution in [0.25, 0.3) is 0 Å². The maximum Gasteiger partial charge on any atom is 0.410 e. The summed E-state index contributed by atoms with van der Waals surface area (Å²) in [4.78, 5) is 13.6. The fourth-order valence-electron chi connectivity index (χ4n) is 1.27. The zero-order valence-corrected chi connectivity index (χ0v) is 11.5. The molecular formula is C12H26N2O2. The van der Waals surface area contributed by atoms with E-state index in [1.165, 1.54) is 0 Å². The summed E-state index contributed by atoms with van der Waals surface area (Å²) in [6.45, 7) is 12.0. The van der Waals surface area contributed by atoms with Crippen molar-refractivity contribution in [3.05, 3.63) is 0 Å². The van der Waals surface area contributed by atoms with Gasteiger partial charge >= 0.3 is 6.09 Å². The van der Waals surface area contributed by atoms with Crippen molar-refractivity contribution in [3.63, 3.8) is 0 Å². The Morgan fingerprint density at radius 3 is 2.31 bits per heavy atom. The highest BCUT2D eigenvalue weighted by molar-refractivity contribution is 5.68. The number of amides is 1. The molecule has 0 fully saturated rings. The molecule has 0 aliphatic heterocycles. The zero-order valence-electron chi connectivity index (χ0n) is 11.5. The molecule has 4 nitrogen and oxygen atoms in total. The van der Waals surface area contributed by atoms with Crippen LogP contribution in [0.2, 0.25) is 0 Å². The molecule has 0 heterocycles. The van der Waals surface area contributed by atoms with E-state index in [9.17, 15) is 4.79 Å². The summed E-state index contributed by atoms with van der Waals surface area (Å²) < 4.78 is 5.36. The molecule has 0 saturated carbocycles. The van der Waals surface area contributed by atoms with Crippen molar-refractivity contribution < 1.29 is 9.53 Å². The van der Waals surface area contributed by atoms with Gasteiger partial charge in [0.05, 0.1) is 0 Å². The van der Waals surface area contributed by atoms with Crippen LogP contribution in [0.15, 0.2) is 0 Å². The van der Waals surface area contributed by atoms with E-state index in [1.54, 1.807) is 4.90 Å². The Morgan fingerprint density at radius 1 is 1.38 bits per heavy atom. The van der Waals surface area contributed by atoms with Crippen LogP contribution in [0.1, 0.15) is 34.6 Å². The predicted octanol–water partition coefficient (Wildman–Crippen LogP) is 2.10. The van der Waals surface area contributed by atoms with Crippen LogP contribution in [0.5, 0.6) is 0 Å². The summed E-state index contributed by atoms with van der Waals surface area (Å²) in [5, 5.41) is 3.04. The van der Waals surface area contributed by atoms with Gasteiger partial charge in [0, 0.05) is 19.6 Å². The van der Waals surface area contributed by atoms with Gasteiger partial charge in [0.25, 0.3) is 0 Å². The molecule has 0 aliphatic rings. The lowest BCUT2D eigenvalue weighted by Gasteiger charge is -2.28. The van der Waals surface area contributed by atoms with Crippen LogP contribution in [-0.2, 0) is 4.74 Å². The van der Waals surface area contributed by atoms with Crippen molar-refractivity contribution in [2.75, 3.05) is 26.7 Å². The van der Waals surface area contributed by atoms with Crippen molar-refractivity contribution in [1.82, 2.24) is 10.2 Å². The number of carbonyl (C=O) groups is 1. The first kappa shape index (κ1) is 15.2. The summed E-state index contributed by atoms with van der Waals surface area (Å²) in [6.07, 6.45) is -0.226. The highest BCUT2D eigenvalue weighted by atomic mass is 16.6. The van der Waals surface area contributed by atoms with E-state index in [1.807, 2.05) is 27.8 Å². The smallest absolute Gasteiger partial charge is 0.410 e. The summed E-state index contributed by atoms with van der Waals surface area (Å²) in [5.74, 6) is 0.448. The van der Waals surface area contributed by atoms with Gasteiger partial charge in [-0.15, -0.1) is 0 Å². The van der Waals surface area contributed by atoms with E-state index in [0.717, 1.165) is 13.1 Å². The predicted molar refractivity (Wildman–Crippen MR) is 66.6 cm³/mol. The molecule has 0 aromatic carbocycles. The van der Waals surface area contributed by atoms with E-state index < -0.39 is 5.60 Å². The topological polar surface area (TPSA) is 41.6 Å². The Balaban J connectivity index is 4.31. The van der Waals surface area contributed by atoms with Gasteiger partial charge in [-0.25, -0.2) is 4.79 Å². The van der Waals surface area contributed by atoms with Gasteiger partial charge in [-0.05, 0) is 33.7 Å². The number of hydrogen-bond donors (Lipinski definition) is 1. The summed E-state index contributed by atoms with van der Waals surface area (Å²) in [6, 6.07) is 0. The van der Waals surface area contributed by atoms with Crippen molar-refractivity contribution in [2.45, 2.75) is 40.2 Å². The van der Waals surface area contributed by atoms with Crippen molar-refractivity contribution in [3.8, 4) is 0 Å². The Labute approximate surface area is 99.3 Å². The molecule has 0 spiro atoms. The summed E-state index contributed by atoms with van der Waals surface area (Å²) >= 11 is 0. The first-order valence-electron chi connectivity index (χ1n) is 5.88. The summed E-state index contributed by atoms with van der Waals surface area (Å²) in [5.41, 5.74) is -0.425. The minimum Gasteiger partial charge on any atom is -0.444 e. The normalized spacial score (nSPS) is 11.7. The second-order valence-electron chi connectivity index (χ2n) is 5.42. The standard InChI is InChI=1S/C12H26N2O2/c1-10(2)9-14(8-7-13-6)11(15)16-12(3,4)5/h10,13H,7-9H2,1-6H3. The number of ether oxygens (including phenoxy) is 1. The Morgan fingerprint density at radius 2 is 1.94 bits per heavy atom. The minimum atomic E-state index is -0.425. The molecule has 4 heteroatoms. The molecule has 0 radical (unpaired) electrons. The first-order valence-corrected chi connectivity index (χ1v) is 5.88. The van der Waals surface area contributed by atoms with Crippen LogP contribution in [0.4, 0.5) is 4.79 Å². The molecule has 96 valence electrons. The fraction of sp³-hybridized carbons (Fsp3) is 0.917. The number of nitrogens with one attached hydrogen (secondary N) is 1. The molecule has 0 aliphatic carbocycles. The third-order valence-electron chi connectivity index (χ3n) is 1.87. The number of rotatable bonds is 5. The number of nitrogens with zero attached hydrogens (tertiary/aromatic N) is 1. The van der Waals surface area contributed by atoms with E-state index in [4.69, 9.17) is 4.74 Å². The first-order chi connectivity index (χ1) is 7.26. The fourth-order valence-corrected chi connectivity index (χ4v) is 1.27. The number of hydrogen-bond acceptors (Lipinski definition) is 3.